The minimum Gasteiger partial charge on any atom is -0.481 e. The summed E-state index contributed by atoms with van der Waals surface area (Å²) in [7, 11) is 0. The van der Waals surface area contributed by atoms with Gasteiger partial charge in [0.15, 0.2) is 0 Å². The van der Waals surface area contributed by atoms with E-state index in [4.69, 9.17) is 9.84 Å². The van der Waals surface area contributed by atoms with Crippen molar-refractivity contribution in [1.29, 1.82) is 0 Å². The number of carboxylic acid groups (broad SMARTS) is 1. The van der Waals surface area contributed by atoms with Gasteiger partial charge in [0.25, 0.3) is 0 Å². The molecule has 0 spiro atoms. The number of carbonyl (C=O) groups excluding carboxylic acids is 1. The van der Waals surface area contributed by atoms with Crippen LogP contribution in [-0.4, -0.2) is 34.4 Å². The van der Waals surface area contributed by atoms with Gasteiger partial charge < -0.3 is 14.9 Å². The SMILES string of the molecule is CCCCCCCCCC(O)CC(=O)OC(CCCCCCC)CC(=O)O. The molecular formula is C22H42O5. The molecule has 0 bridgehead atoms. The van der Waals surface area contributed by atoms with Gasteiger partial charge in [-0.3, -0.25) is 9.59 Å². The normalized spacial score (nSPS) is 13.3. The number of hydrogen-bond acceptors (Lipinski definition) is 4. The maximum Gasteiger partial charge on any atom is 0.308 e. The Hall–Kier alpha value is -1.10. The van der Waals surface area contributed by atoms with Gasteiger partial charge >= 0.3 is 11.9 Å². The molecule has 0 aliphatic carbocycles. The highest BCUT2D eigenvalue weighted by Gasteiger charge is 2.20. The van der Waals surface area contributed by atoms with E-state index in [0.717, 1.165) is 38.5 Å². The number of aliphatic hydroxyl groups is 1. The summed E-state index contributed by atoms with van der Waals surface area (Å²) in [5.41, 5.74) is 0. The number of aliphatic hydroxyl groups excluding tert-OH is 1. The summed E-state index contributed by atoms with van der Waals surface area (Å²) in [6.45, 7) is 4.34. The van der Waals surface area contributed by atoms with E-state index in [0.29, 0.717) is 12.8 Å². The number of rotatable bonds is 19. The highest BCUT2D eigenvalue weighted by Crippen LogP contribution is 2.15. The van der Waals surface area contributed by atoms with Crippen molar-refractivity contribution >= 4 is 11.9 Å². The molecule has 0 saturated carbocycles. The average molecular weight is 387 g/mol. The summed E-state index contributed by atoms with van der Waals surface area (Å²) in [5.74, 6) is -1.43. The van der Waals surface area contributed by atoms with Crippen LogP contribution >= 0.6 is 0 Å². The molecule has 160 valence electrons. The van der Waals surface area contributed by atoms with Crippen LogP contribution in [0.2, 0.25) is 0 Å². The molecule has 0 amide bonds. The van der Waals surface area contributed by atoms with Gasteiger partial charge in [0.05, 0.1) is 18.9 Å². The van der Waals surface area contributed by atoms with Crippen LogP contribution in [-0.2, 0) is 14.3 Å². The lowest BCUT2D eigenvalue weighted by atomic mass is 10.0. The van der Waals surface area contributed by atoms with E-state index in [-0.39, 0.29) is 12.8 Å². The Labute approximate surface area is 165 Å². The summed E-state index contributed by atoms with van der Waals surface area (Å²) in [6.07, 6.45) is 13.3. The van der Waals surface area contributed by atoms with Crippen LogP contribution in [0.4, 0.5) is 0 Å². The molecule has 0 aliphatic heterocycles. The average Bonchev–Trinajstić information content (AvgIpc) is 2.60. The van der Waals surface area contributed by atoms with Gasteiger partial charge in [-0.2, -0.15) is 0 Å². The second-order valence-corrected chi connectivity index (χ2v) is 7.68. The van der Waals surface area contributed by atoms with E-state index in [1.807, 2.05) is 0 Å². The first-order valence-corrected chi connectivity index (χ1v) is 11.1. The molecule has 0 aromatic rings. The van der Waals surface area contributed by atoms with Crippen molar-refractivity contribution in [2.75, 3.05) is 0 Å². The molecule has 5 heteroatoms. The first kappa shape index (κ1) is 25.9. The molecule has 0 saturated heterocycles. The predicted octanol–water partition coefficient (Wildman–Crippen LogP) is 5.63. The molecule has 0 radical (unpaired) electrons. The highest BCUT2D eigenvalue weighted by molar-refractivity contribution is 5.71. The van der Waals surface area contributed by atoms with E-state index in [9.17, 15) is 14.7 Å². The lowest BCUT2D eigenvalue weighted by Crippen LogP contribution is -2.24. The maximum absolute atomic E-state index is 12.0. The molecule has 27 heavy (non-hydrogen) atoms. The Morgan fingerprint density at radius 3 is 1.74 bits per heavy atom. The van der Waals surface area contributed by atoms with Crippen molar-refractivity contribution in [1.82, 2.24) is 0 Å². The quantitative estimate of drug-likeness (QED) is 0.222. The van der Waals surface area contributed by atoms with E-state index in [1.165, 1.54) is 38.5 Å². The van der Waals surface area contributed by atoms with Gasteiger partial charge in [0.2, 0.25) is 0 Å². The van der Waals surface area contributed by atoms with Crippen molar-refractivity contribution in [3.8, 4) is 0 Å². The fraction of sp³-hybridized carbons (Fsp3) is 0.909. The van der Waals surface area contributed by atoms with Crippen molar-refractivity contribution in [2.24, 2.45) is 0 Å². The summed E-state index contributed by atoms with van der Waals surface area (Å²) in [4.78, 5) is 23.0. The number of hydrogen-bond donors (Lipinski definition) is 2. The Bertz CT molecular complexity index is 370. The van der Waals surface area contributed by atoms with Crippen LogP contribution in [0.3, 0.4) is 0 Å². The van der Waals surface area contributed by atoms with Crippen LogP contribution in [0.5, 0.6) is 0 Å². The molecule has 2 atom stereocenters. The van der Waals surface area contributed by atoms with Crippen LogP contribution in [0, 0.1) is 0 Å². The molecule has 0 rings (SSSR count). The number of ether oxygens (including phenoxy) is 1. The fourth-order valence-corrected chi connectivity index (χ4v) is 3.24. The molecule has 0 heterocycles. The standard InChI is InChI=1S/C22H42O5/c1-3-5-7-9-10-12-13-15-19(23)17-22(26)27-20(18-21(24)25)16-14-11-8-6-4-2/h19-20,23H,3-18H2,1-2H3,(H,24,25). The topological polar surface area (TPSA) is 83.8 Å². The Kier molecular flexibility index (Phi) is 17.5. The minimum absolute atomic E-state index is 0.0399. The number of esters is 1. The van der Waals surface area contributed by atoms with Crippen molar-refractivity contribution in [2.45, 2.75) is 129 Å². The third-order valence-electron chi connectivity index (χ3n) is 4.87. The molecule has 2 N–H and O–H groups in total. The summed E-state index contributed by atoms with van der Waals surface area (Å²) < 4.78 is 5.33. The monoisotopic (exact) mass is 386 g/mol. The molecule has 0 aromatic carbocycles. The molecular weight excluding hydrogens is 344 g/mol. The highest BCUT2D eigenvalue weighted by atomic mass is 16.5. The van der Waals surface area contributed by atoms with Crippen molar-refractivity contribution in [3.05, 3.63) is 0 Å². The second-order valence-electron chi connectivity index (χ2n) is 7.68. The fourth-order valence-electron chi connectivity index (χ4n) is 3.24. The molecule has 0 fully saturated rings. The molecule has 2 unspecified atom stereocenters. The van der Waals surface area contributed by atoms with Crippen molar-refractivity contribution < 1.29 is 24.5 Å². The number of carbonyl (C=O) groups is 2. The third kappa shape index (κ3) is 18.0. The van der Waals surface area contributed by atoms with Gasteiger partial charge in [0.1, 0.15) is 6.10 Å². The van der Waals surface area contributed by atoms with Gasteiger partial charge in [0, 0.05) is 0 Å². The summed E-state index contributed by atoms with van der Waals surface area (Å²) in [5, 5.41) is 19.0. The van der Waals surface area contributed by atoms with E-state index in [1.54, 1.807) is 0 Å². The van der Waals surface area contributed by atoms with Gasteiger partial charge in [-0.15, -0.1) is 0 Å². The molecule has 0 aromatic heterocycles. The number of carboxylic acids is 1. The zero-order chi connectivity index (χ0) is 20.3. The van der Waals surface area contributed by atoms with Crippen molar-refractivity contribution in [3.63, 3.8) is 0 Å². The summed E-state index contributed by atoms with van der Waals surface area (Å²) >= 11 is 0. The number of unbranched alkanes of at least 4 members (excludes halogenated alkanes) is 10. The first-order chi connectivity index (χ1) is 13.0. The Morgan fingerprint density at radius 2 is 1.22 bits per heavy atom. The Balaban J connectivity index is 3.96. The predicted molar refractivity (Wildman–Crippen MR) is 109 cm³/mol. The smallest absolute Gasteiger partial charge is 0.308 e. The second kappa shape index (κ2) is 18.3. The lowest BCUT2D eigenvalue weighted by molar-refractivity contribution is -0.155. The van der Waals surface area contributed by atoms with E-state index >= 15 is 0 Å². The van der Waals surface area contributed by atoms with Gasteiger partial charge in [-0.25, -0.2) is 0 Å². The van der Waals surface area contributed by atoms with Crippen LogP contribution < -0.4 is 0 Å². The van der Waals surface area contributed by atoms with E-state index < -0.39 is 24.1 Å². The van der Waals surface area contributed by atoms with Crippen LogP contribution in [0.25, 0.3) is 0 Å². The Morgan fingerprint density at radius 1 is 0.741 bits per heavy atom. The first-order valence-electron chi connectivity index (χ1n) is 11.1. The maximum atomic E-state index is 12.0. The lowest BCUT2D eigenvalue weighted by Gasteiger charge is -2.17. The van der Waals surface area contributed by atoms with E-state index in [2.05, 4.69) is 13.8 Å². The third-order valence-corrected chi connectivity index (χ3v) is 4.87. The van der Waals surface area contributed by atoms with Crippen LogP contribution in [0.15, 0.2) is 0 Å². The zero-order valence-corrected chi connectivity index (χ0v) is 17.6. The van der Waals surface area contributed by atoms with Gasteiger partial charge in [-0.05, 0) is 19.3 Å². The number of aliphatic carboxylic acids is 1. The largest absolute Gasteiger partial charge is 0.481 e. The minimum atomic E-state index is -0.954. The molecule has 5 nitrogen and oxygen atoms in total. The zero-order valence-electron chi connectivity index (χ0n) is 17.6. The molecule has 0 aliphatic rings. The van der Waals surface area contributed by atoms with Gasteiger partial charge in [-0.1, -0.05) is 84.5 Å². The van der Waals surface area contributed by atoms with Crippen LogP contribution in [0.1, 0.15) is 117 Å². The summed E-state index contributed by atoms with van der Waals surface area (Å²) in [6, 6.07) is 0.